The Morgan fingerprint density at radius 2 is 2.24 bits per heavy atom. The second-order valence-electron chi connectivity index (χ2n) is 4.12. The number of aliphatic imine (C=N–C) groups is 2. The lowest BCUT2D eigenvalue weighted by Gasteiger charge is -2.27. The van der Waals surface area contributed by atoms with Crippen molar-refractivity contribution in [3.63, 3.8) is 0 Å². The maximum absolute atomic E-state index is 11.9. The minimum Gasteiger partial charge on any atom is -0.343 e. The van der Waals surface area contributed by atoms with Crippen LogP contribution >= 0.6 is 0 Å². The lowest BCUT2D eigenvalue weighted by Crippen LogP contribution is -2.38. The van der Waals surface area contributed by atoms with Gasteiger partial charge in [-0.2, -0.15) is 9.90 Å². The number of hydrogen-bond donors (Lipinski definition) is 0. The molecule has 6 nitrogen and oxygen atoms in total. The van der Waals surface area contributed by atoms with E-state index in [2.05, 4.69) is 21.0 Å². The molecule has 1 atom stereocenters. The van der Waals surface area contributed by atoms with Gasteiger partial charge in [-0.05, 0) is 19.3 Å². The molecule has 90 valence electrons. The van der Waals surface area contributed by atoms with Gasteiger partial charge in [-0.25, -0.2) is 4.99 Å². The molecule has 0 radical (unpaired) electrons. The minimum atomic E-state index is -0.782. The van der Waals surface area contributed by atoms with Crippen molar-refractivity contribution in [1.82, 2.24) is 4.90 Å². The van der Waals surface area contributed by atoms with E-state index in [0.717, 1.165) is 25.9 Å². The first-order chi connectivity index (χ1) is 8.31. The highest BCUT2D eigenvalue weighted by Crippen LogP contribution is 2.13. The normalized spacial score (nSPS) is 20.2. The van der Waals surface area contributed by atoms with Gasteiger partial charge in [-0.1, -0.05) is 5.18 Å². The summed E-state index contributed by atoms with van der Waals surface area (Å²) in [6.45, 7) is 1.55. The van der Waals surface area contributed by atoms with Crippen molar-refractivity contribution in [1.29, 1.82) is 0 Å². The first kappa shape index (κ1) is 11.7. The second-order valence-corrected chi connectivity index (χ2v) is 4.12. The monoisotopic (exact) mass is 234 g/mol. The number of likely N-dealkylation sites (tertiary alicyclic amines) is 1. The molecule has 2 aliphatic rings. The van der Waals surface area contributed by atoms with Crippen LogP contribution < -0.4 is 0 Å². The number of amidine groups is 1. The van der Waals surface area contributed by atoms with Gasteiger partial charge in [0.2, 0.25) is 5.91 Å². The van der Waals surface area contributed by atoms with E-state index in [1.165, 1.54) is 12.6 Å². The smallest absolute Gasteiger partial charge is 0.225 e. The molecule has 0 bridgehead atoms. The Bertz CT molecular complexity index is 404. The summed E-state index contributed by atoms with van der Waals surface area (Å²) in [5.74, 6) is 2.75. The Labute approximate surface area is 99.1 Å². The Kier molecular flexibility index (Phi) is 3.77. The van der Waals surface area contributed by atoms with Gasteiger partial charge in [0.25, 0.3) is 0 Å². The van der Waals surface area contributed by atoms with E-state index >= 15 is 0 Å². The summed E-state index contributed by atoms with van der Waals surface area (Å²) in [4.78, 5) is 32.1. The summed E-state index contributed by atoms with van der Waals surface area (Å²) < 4.78 is 0. The molecule has 0 saturated carbocycles. The average Bonchev–Trinajstić information content (AvgIpc) is 2.90. The van der Waals surface area contributed by atoms with Crippen molar-refractivity contribution in [2.75, 3.05) is 13.1 Å². The van der Waals surface area contributed by atoms with Crippen molar-refractivity contribution < 1.29 is 4.79 Å². The van der Waals surface area contributed by atoms with Crippen LogP contribution in [0.3, 0.4) is 0 Å². The zero-order valence-corrected chi connectivity index (χ0v) is 9.50. The predicted octanol–water partition coefficient (Wildman–Crippen LogP) is 1.12. The number of nitrogens with zero attached hydrogens (tertiary/aromatic N) is 4. The molecule has 2 aliphatic heterocycles. The topological polar surface area (TPSA) is 74.5 Å². The lowest BCUT2D eigenvalue weighted by molar-refractivity contribution is -0.132. The fourth-order valence-electron chi connectivity index (χ4n) is 1.99. The van der Waals surface area contributed by atoms with E-state index in [1.54, 1.807) is 4.90 Å². The Morgan fingerprint density at radius 3 is 2.82 bits per heavy atom. The summed E-state index contributed by atoms with van der Waals surface area (Å²) in [6, 6.07) is -0.782. The van der Waals surface area contributed by atoms with Gasteiger partial charge in [0.15, 0.2) is 11.9 Å². The van der Waals surface area contributed by atoms with Crippen LogP contribution in [0.25, 0.3) is 0 Å². The number of carbonyl (C=O) groups is 1. The Balaban J connectivity index is 1.91. The van der Waals surface area contributed by atoms with E-state index in [1.807, 2.05) is 0 Å². The number of hydrogen-bond acceptors (Lipinski definition) is 5. The first-order valence-corrected chi connectivity index (χ1v) is 5.77. The van der Waals surface area contributed by atoms with Crippen LogP contribution in [0.4, 0.5) is 0 Å². The van der Waals surface area contributed by atoms with E-state index < -0.39 is 6.04 Å². The molecule has 1 fully saturated rings. The van der Waals surface area contributed by atoms with Crippen LogP contribution in [0.5, 0.6) is 0 Å². The first-order valence-electron chi connectivity index (χ1n) is 5.77. The zero-order valence-electron chi connectivity index (χ0n) is 9.50. The van der Waals surface area contributed by atoms with Gasteiger partial charge in [0.1, 0.15) is 0 Å². The molecule has 1 unspecified atom stereocenters. The molecule has 17 heavy (non-hydrogen) atoms. The van der Waals surface area contributed by atoms with Crippen LogP contribution in [0.2, 0.25) is 0 Å². The van der Waals surface area contributed by atoms with E-state index in [0.29, 0.717) is 0 Å². The van der Waals surface area contributed by atoms with E-state index in [4.69, 9.17) is 0 Å². The summed E-state index contributed by atoms with van der Waals surface area (Å²) in [5, 5.41) is 2.92. The van der Waals surface area contributed by atoms with Crippen molar-refractivity contribution in [2.24, 2.45) is 15.2 Å². The van der Waals surface area contributed by atoms with Gasteiger partial charge >= 0.3 is 0 Å². The molecular formula is C11H14N4O2. The van der Waals surface area contributed by atoms with E-state index in [9.17, 15) is 9.70 Å². The third kappa shape index (κ3) is 2.85. The molecule has 0 aliphatic carbocycles. The van der Waals surface area contributed by atoms with Gasteiger partial charge in [-0.15, -0.1) is 0 Å². The predicted molar refractivity (Wildman–Crippen MR) is 64.1 cm³/mol. The highest BCUT2D eigenvalue weighted by Gasteiger charge is 2.25. The number of nitroso groups, excluding NO2 is 1. The van der Waals surface area contributed by atoms with Crippen molar-refractivity contribution in [3.8, 4) is 0 Å². The zero-order chi connectivity index (χ0) is 12.1. The number of amides is 1. The highest BCUT2D eigenvalue weighted by molar-refractivity contribution is 5.98. The summed E-state index contributed by atoms with van der Waals surface area (Å²) in [5.41, 5.74) is 0. The quantitative estimate of drug-likeness (QED) is 0.683. The Morgan fingerprint density at radius 1 is 1.47 bits per heavy atom. The van der Waals surface area contributed by atoms with Gasteiger partial charge < -0.3 is 4.90 Å². The average molecular weight is 234 g/mol. The molecule has 0 aromatic carbocycles. The second kappa shape index (κ2) is 5.50. The largest absolute Gasteiger partial charge is 0.343 e. The molecule has 0 N–H and O–H groups in total. The third-order valence-corrected chi connectivity index (χ3v) is 2.94. The molecular weight excluding hydrogens is 220 g/mol. The van der Waals surface area contributed by atoms with Crippen LogP contribution in [0, 0.1) is 4.91 Å². The fraction of sp³-hybridized carbons (Fsp3) is 0.636. The van der Waals surface area contributed by atoms with Crippen LogP contribution in [0.1, 0.15) is 25.7 Å². The highest BCUT2D eigenvalue weighted by atomic mass is 16.3. The van der Waals surface area contributed by atoms with Crippen molar-refractivity contribution >= 4 is 17.6 Å². The molecule has 0 aromatic rings. The van der Waals surface area contributed by atoms with Crippen molar-refractivity contribution in [3.05, 3.63) is 11.1 Å². The summed E-state index contributed by atoms with van der Waals surface area (Å²) in [7, 11) is 0. The van der Waals surface area contributed by atoms with Gasteiger partial charge in [0, 0.05) is 19.0 Å². The van der Waals surface area contributed by atoms with Gasteiger partial charge in [-0.3, -0.25) is 4.79 Å². The van der Waals surface area contributed by atoms with E-state index in [-0.39, 0.29) is 18.2 Å². The molecule has 0 spiro atoms. The molecule has 0 aromatic heterocycles. The molecule has 2 heterocycles. The third-order valence-electron chi connectivity index (χ3n) is 2.94. The number of rotatable bonds is 4. The lowest BCUT2D eigenvalue weighted by atomic mass is 10.1. The minimum absolute atomic E-state index is 0.0425. The van der Waals surface area contributed by atoms with Crippen molar-refractivity contribution in [2.45, 2.75) is 31.7 Å². The van der Waals surface area contributed by atoms with Crippen LogP contribution in [-0.2, 0) is 4.79 Å². The summed E-state index contributed by atoms with van der Waals surface area (Å²) in [6.07, 6.45) is 4.66. The Hall–Kier alpha value is -1.81. The molecule has 1 amide bonds. The maximum Gasteiger partial charge on any atom is 0.225 e. The number of piperidine rings is 1. The summed E-state index contributed by atoms with van der Waals surface area (Å²) >= 11 is 0. The molecule has 2 rings (SSSR count). The fourth-order valence-corrected chi connectivity index (χ4v) is 1.99. The van der Waals surface area contributed by atoms with Crippen LogP contribution in [-0.4, -0.2) is 41.6 Å². The van der Waals surface area contributed by atoms with Gasteiger partial charge in [0.05, 0.1) is 12.6 Å². The maximum atomic E-state index is 11.9. The number of carbonyl (C=O) groups excluding carboxylic acids is 1. The van der Waals surface area contributed by atoms with Crippen LogP contribution in [0.15, 0.2) is 21.4 Å². The standard InChI is InChI=1S/C11H14N4O2/c16-10(15-6-2-1-3-7-15)8-9(14-17)11-12-4-5-13-11/h4,9H,1-3,6-8H2. The molecule has 6 heteroatoms. The SMILES string of the molecule is O=NC(CC(=O)N1CCCCC1)C1=NC=C=N1. The molecule has 1 saturated heterocycles.